The molecular weight excluding hydrogens is 371 g/mol. The standard InChI is InChI=1S/C21H23BN2O5/c25-21(18-10-6-12-24(18)16-7-2-1-3-8-16)23-20(29-22(26)27)13-15-14-28-19-11-5-4-9-17(15)19/h1-5,7-9,11,14,18,20,26-27H,6,10,12-13H2,(H,23,25)/t18?,20-/m1/s1. The number of hydrogen-bond acceptors (Lipinski definition) is 6. The molecule has 1 aromatic heterocycles. The van der Waals surface area contributed by atoms with Crippen LogP contribution < -0.4 is 10.2 Å². The van der Waals surface area contributed by atoms with Crippen LogP contribution in [0.1, 0.15) is 18.4 Å². The van der Waals surface area contributed by atoms with Crippen LogP contribution in [0.5, 0.6) is 0 Å². The van der Waals surface area contributed by atoms with E-state index in [2.05, 4.69) is 10.2 Å². The number of hydrogen-bond donors (Lipinski definition) is 3. The van der Waals surface area contributed by atoms with Crippen molar-refractivity contribution in [2.45, 2.75) is 31.5 Å². The van der Waals surface area contributed by atoms with E-state index in [0.29, 0.717) is 0 Å². The van der Waals surface area contributed by atoms with Gasteiger partial charge in [-0.1, -0.05) is 36.4 Å². The summed E-state index contributed by atoms with van der Waals surface area (Å²) in [5, 5.41) is 22.4. The second-order valence-electron chi connectivity index (χ2n) is 7.11. The van der Waals surface area contributed by atoms with Crippen molar-refractivity contribution in [3.63, 3.8) is 0 Å². The largest absolute Gasteiger partial charge is 0.635 e. The molecule has 3 N–H and O–H groups in total. The van der Waals surface area contributed by atoms with E-state index in [4.69, 9.17) is 9.07 Å². The van der Waals surface area contributed by atoms with Crippen molar-refractivity contribution in [2.75, 3.05) is 11.4 Å². The van der Waals surface area contributed by atoms with Crippen LogP contribution in [0.15, 0.2) is 65.3 Å². The van der Waals surface area contributed by atoms with Crippen LogP contribution in [0, 0.1) is 0 Å². The first-order valence-electron chi connectivity index (χ1n) is 9.70. The zero-order valence-electron chi connectivity index (χ0n) is 15.9. The predicted molar refractivity (Wildman–Crippen MR) is 110 cm³/mol. The predicted octanol–water partition coefficient (Wildman–Crippen LogP) is 2.07. The maximum atomic E-state index is 13.0. The monoisotopic (exact) mass is 394 g/mol. The van der Waals surface area contributed by atoms with Crippen molar-refractivity contribution in [1.82, 2.24) is 5.32 Å². The molecule has 2 heterocycles. The van der Waals surface area contributed by atoms with Crippen molar-refractivity contribution in [2.24, 2.45) is 0 Å². The van der Waals surface area contributed by atoms with Crippen molar-refractivity contribution in [1.29, 1.82) is 0 Å². The molecule has 1 unspecified atom stereocenters. The van der Waals surface area contributed by atoms with Crippen LogP contribution >= 0.6 is 0 Å². The number of para-hydroxylation sites is 2. The Morgan fingerprint density at radius 1 is 1.21 bits per heavy atom. The second kappa shape index (κ2) is 8.69. The van der Waals surface area contributed by atoms with Gasteiger partial charge in [0.2, 0.25) is 5.91 Å². The normalized spacial score (nSPS) is 17.4. The summed E-state index contributed by atoms with van der Waals surface area (Å²) in [6, 6.07) is 17.0. The van der Waals surface area contributed by atoms with E-state index in [1.54, 1.807) is 6.26 Å². The molecule has 1 aliphatic heterocycles. The number of fused-ring (bicyclic) bond motifs is 1. The molecule has 2 aromatic carbocycles. The lowest BCUT2D eigenvalue weighted by Gasteiger charge is -2.28. The zero-order valence-corrected chi connectivity index (χ0v) is 15.9. The summed E-state index contributed by atoms with van der Waals surface area (Å²) in [4.78, 5) is 15.1. The first-order valence-corrected chi connectivity index (χ1v) is 9.70. The molecule has 1 amide bonds. The SMILES string of the molecule is O=C(N[C@@H](Cc1coc2ccccc12)OB(O)O)C1CCCN1c1ccccc1. The molecule has 0 spiro atoms. The molecule has 150 valence electrons. The molecule has 0 aliphatic carbocycles. The summed E-state index contributed by atoms with van der Waals surface area (Å²) >= 11 is 0. The van der Waals surface area contributed by atoms with Crippen LogP contribution in [0.2, 0.25) is 0 Å². The first kappa shape index (κ1) is 19.5. The minimum atomic E-state index is -1.99. The van der Waals surface area contributed by atoms with E-state index in [1.165, 1.54) is 0 Å². The summed E-state index contributed by atoms with van der Waals surface area (Å²) in [6.07, 6.45) is 2.58. The van der Waals surface area contributed by atoms with Crippen molar-refractivity contribution in [3.8, 4) is 0 Å². The van der Waals surface area contributed by atoms with Gasteiger partial charge in [-0.3, -0.25) is 4.79 Å². The zero-order chi connectivity index (χ0) is 20.2. The smallest absolute Gasteiger partial charge is 0.464 e. The van der Waals surface area contributed by atoms with Crippen LogP contribution in [0.4, 0.5) is 5.69 Å². The summed E-state index contributed by atoms with van der Waals surface area (Å²) < 4.78 is 10.7. The number of anilines is 1. The van der Waals surface area contributed by atoms with Crippen LogP contribution in [-0.4, -0.2) is 42.1 Å². The van der Waals surface area contributed by atoms with E-state index in [0.717, 1.165) is 41.6 Å². The van der Waals surface area contributed by atoms with Crippen molar-refractivity contribution in [3.05, 3.63) is 66.4 Å². The highest BCUT2D eigenvalue weighted by Crippen LogP contribution is 2.26. The van der Waals surface area contributed by atoms with Gasteiger partial charge in [0.05, 0.1) is 6.26 Å². The average molecular weight is 394 g/mol. The third-order valence-electron chi connectivity index (χ3n) is 5.20. The topological polar surface area (TPSA) is 95.2 Å². The van der Waals surface area contributed by atoms with Crippen LogP contribution in [0.3, 0.4) is 0 Å². The number of carbonyl (C=O) groups is 1. The number of nitrogens with one attached hydrogen (secondary N) is 1. The number of carbonyl (C=O) groups excluding carboxylic acids is 1. The molecule has 8 heteroatoms. The molecule has 0 radical (unpaired) electrons. The highest BCUT2D eigenvalue weighted by Gasteiger charge is 2.33. The average Bonchev–Trinajstić information content (AvgIpc) is 3.36. The molecule has 29 heavy (non-hydrogen) atoms. The third-order valence-corrected chi connectivity index (χ3v) is 5.20. The van der Waals surface area contributed by atoms with E-state index in [9.17, 15) is 14.8 Å². The van der Waals surface area contributed by atoms with Gasteiger partial charge in [-0.2, -0.15) is 0 Å². The Labute approximate surface area is 169 Å². The number of furan rings is 1. The fraction of sp³-hybridized carbons (Fsp3) is 0.286. The molecule has 1 fully saturated rings. The Hall–Kier alpha value is -2.81. The van der Waals surface area contributed by atoms with Gasteiger partial charge in [-0.05, 0) is 31.0 Å². The van der Waals surface area contributed by atoms with Gasteiger partial charge >= 0.3 is 7.32 Å². The molecule has 7 nitrogen and oxygen atoms in total. The highest BCUT2D eigenvalue weighted by molar-refractivity contribution is 6.32. The molecular formula is C21H23BN2O5. The maximum absolute atomic E-state index is 13.0. The quantitative estimate of drug-likeness (QED) is 0.420. The summed E-state index contributed by atoms with van der Waals surface area (Å²) in [5.74, 6) is -0.204. The second-order valence-corrected chi connectivity index (χ2v) is 7.11. The lowest BCUT2D eigenvalue weighted by Crippen LogP contribution is -2.50. The lowest BCUT2D eigenvalue weighted by atomic mass is 10.1. The van der Waals surface area contributed by atoms with E-state index >= 15 is 0 Å². The Bertz CT molecular complexity index is 962. The fourth-order valence-corrected chi connectivity index (χ4v) is 3.89. The third kappa shape index (κ3) is 4.45. The molecule has 0 bridgehead atoms. The fourth-order valence-electron chi connectivity index (χ4n) is 3.89. The van der Waals surface area contributed by atoms with Gasteiger partial charge in [0.25, 0.3) is 0 Å². The van der Waals surface area contributed by atoms with Crippen molar-refractivity contribution < 1.29 is 23.9 Å². The van der Waals surface area contributed by atoms with Gasteiger partial charge in [0.1, 0.15) is 17.9 Å². The number of benzene rings is 2. The minimum Gasteiger partial charge on any atom is -0.464 e. The Kier molecular flexibility index (Phi) is 5.85. The van der Waals surface area contributed by atoms with Gasteiger partial charge in [0.15, 0.2) is 0 Å². The summed E-state index contributed by atoms with van der Waals surface area (Å²) in [7, 11) is -1.99. The summed E-state index contributed by atoms with van der Waals surface area (Å²) in [5.41, 5.74) is 2.53. The Morgan fingerprint density at radius 3 is 2.76 bits per heavy atom. The highest BCUT2D eigenvalue weighted by atomic mass is 16.6. The van der Waals surface area contributed by atoms with Crippen LogP contribution in [-0.2, 0) is 15.9 Å². The number of amides is 1. The van der Waals surface area contributed by atoms with Gasteiger partial charge in [0, 0.05) is 29.6 Å². The molecule has 3 aromatic rings. The number of nitrogens with zero attached hydrogens (tertiary/aromatic N) is 1. The van der Waals surface area contributed by atoms with E-state index < -0.39 is 13.5 Å². The van der Waals surface area contributed by atoms with Crippen LogP contribution in [0.25, 0.3) is 11.0 Å². The molecule has 2 atom stereocenters. The molecule has 0 saturated carbocycles. The van der Waals surface area contributed by atoms with Crippen molar-refractivity contribution >= 4 is 29.9 Å². The summed E-state index contributed by atoms with van der Waals surface area (Å²) in [6.45, 7) is 0.794. The van der Waals surface area contributed by atoms with Gasteiger partial charge < -0.3 is 29.3 Å². The van der Waals surface area contributed by atoms with E-state index in [1.807, 2.05) is 54.6 Å². The van der Waals surface area contributed by atoms with Gasteiger partial charge in [-0.25, -0.2) is 0 Å². The number of rotatable bonds is 7. The maximum Gasteiger partial charge on any atom is 0.635 e. The molecule has 1 aliphatic rings. The Morgan fingerprint density at radius 2 is 1.97 bits per heavy atom. The first-order chi connectivity index (χ1) is 14.1. The molecule has 4 rings (SSSR count). The lowest BCUT2D eigenvalue weighted by molar-refractivity contribution is -0.125. The molecule has 1 saturated heterocycles. The Balaban J connectivity index is 1.49. The minimum absolute atomic E-state index is 0.204. The van der Waals surface area contributed by atoms with E-state index in [-0.39, 0.29) is 18.4 Å². The van der Waals surface area contributed by atoms with Gasteiger partial charge in [-0.15, -0.1) is 0 Å².